The van der Waals surface area contributed by atoms with Crippen molar-refractivity contribution in [2.75, 3.05) is 19.7 Å². The van der Waals surface area contributed by atoms with Gasteiger partial charge in [-0.25, -0.2) is 0 Å². The van der Waals surface area contributed by atoms with Gasteiger partial charge < -0.3 is 15.0 Å². The van der Waals surface area contributed by atoms with Crippen molar-refractivity contribution >= 4 is 16.8 Å². The number of aromatic amines is 1. The summed E-state index contributed by atoms with van der Waals surface area (Å²) in [6.45, 7) is 7.13. The maximum absolute atomic E-state index is 12.7. The Morgan fingerprint density at radius 3 is 2.70 bits per heavy atom. The van der Waals surface area contributed by atoms with E-state index in [9.17, 15) is 4.79 Å². The average molecular weight is 274 g/mol. The highest BCUT2D eigenvalue weighted by Gasteiger charge is 2.18. The first-order chi connectivity index (χ1) is 9.60. The first-order valence-electron chi connectivity index (χ1n) is 7.08. The van der Waals surface area contributed by atoms with Gasteiger partial charge in [-0.2, -0.15) is 0 Å². The van der Waals surface area contributed by atoms with Gasteiger partial charge in [-0.3, -0.25) is 4.79 Å². The second kappa shape index (κ2) is 6.09. The first-order valence-corrected chi connectivity index (χ1v) is 7.08. The number of para-hydroxylation sites is 1. The lowest BCUT2D eigenvalue weighted by atomic mass is 10.1. The number of aliphatic hydroxyl groups is 1. The quantitative estimate of drug-likeness (QED) is 0.880. The number of amides is 1. The molecule has 2 aromatic rings. The van der Waals surface area contributed by atoms with E-state index in [4.69, 9.17) is 5.11 Å². The molecule has 4 nitrogen and oxygen atoms in total. The molecule has 2 N–H and O–H groups in total. The fourth-order valence-corrected chi connectivity index (χ4v) is 2.54. The molecule has 0 bridgehead atoms. The Kier molecular flexibility index (Phi) is 4.45. The predicted molar refractivity (Wildman–Crippen MR) is 81.1 cm³/mol. The molecule has 20 heavy (non-hydrogen) atoms. The van der Waals surface area contributed by atoms with Crippen LogP contribution in [0.5, 0.6) is 0 Å². The van der Waals surface area contributed by atoms with E-state index in [-0.39, 0.29) is 12.5 Å². The monoisotopic (exact) mass is 274 g/mol. The molecule has 1 amide bonds. The zero-order valence-corrected chi connectivity index (χ0v) is 12.4. The number of aromatic nitrogens is 1. The zero-order valence-electron chi connectivity index (χ0n) is 12.4. The van der Waals surface area contributed by atoms with Crippen LogP contribution in [-0.2, 0) is 0 Å². The topological polar surface area (TPSA) is 56.3 Å². The minimum Gasteiger partial charge on any atom is -0.395 e. The van der Waals surface area contributed by atoms with Gasteiger partial charge in [0.15, 0.2) is 0 Å². The molecule has 0 fully saturated rings. The summed E-state index contributed by atoms with van der Waals surface area (Å²) in [6, 6.07) is 5.79. The Morgan fingerprint density at radius 1 is 1.30 bits per heavy atom. The van der Waals surface area contributed by atoms with Crippen LogP contribution in [0.3, 0.4) is 0 Å². The Balaban J connectivity index is 2.46. The maximum Gasteiger partial charge on any atom is 0.256 e. The number of nitrogens with zero attached hydrogens (tertiary/aromatic N) is 1. The highest BCUT2D eigenvalue weighted by atomic mass is 16.3. The second-order valence-corrected chi connectivity index (χ2v) is 5.12. The molecule has 0 radical (unpaired) electrons. The summed E-state index contributed by atoms with van der Waals surface area (Å²) in [4.78, 5) is 17.7. The van der Waals surface area contributed by atoms with E-state index < -0.39 is 0 Å². The molecular formula is C16H22N2O2. The molecule has 0 aliphatic rings. The molecule has 1 heterocycles. The lowest BCUT2D eigenvalue weighted by Crippen LogP contribution is -2.34. The molecule has 0 spiro atoms. The highest BCUT2D eigenvalue weighted by molar-refractivity contribution is 6.06. The minimum absolute atomic E-state index is 0.00943. The number of rotatable bonds is 5. The fourth-order valence-electron chi connectivity index (χ4n) is 2.54. The van der Waals surface area contributed by atoms with E-state index >= 15 is 0 Å². The van der Waals surface area contributed by atoms with Crippen molar-refractivity contribution in [2.45, 2.75) is 27.2 Å². The molecule has 1 aromatic carbocycles. The third-order valence-corrected chi connectivity index (χ3v) is 3.72. The molecule has 108 valence electrons. The number of aryl methyl sites for hydroxylation is 2. The van der Waals surface area contributed by atoms with Gasteiger partial charge in [0.25, 0.3) is 5.91 Å². The van der Waals surface area contributed by atoms with Gasteiger partial charge in [0.2, 0.25) is 0 Å². The van der Waals surface area contributed by atoms with E-state index in [2.05, 4.69) is 11.9 Å². The van der Waals surface area contributed by atoms with Gasteiger partial charge in [0.05, 0.1) is 17.7 Å². The van der Waals surface area contributed by atoms with E-state index in [1.54, 1.807) is 4.90 Å². The summed E-state index contributed by atoms with van der Waals surface area (Å²) in [5.74, 6) is -0.0206. The number of nitrogens with one attached hydrogen (secondary N) is 1. The van der Waals surface area contributed by atoms with Crippen LogP contribution in [0, 0.1) is 13.8 Å². The summed E-state index contributed by atoms with van der Waals surface area (Å²) in [7, 11) is 0. The standard InChI is InChI=1S/C16H22N2O2/c1-4-8-18(9-10-19)16(20)14-7-5-6-13-11(2)12(3)17-15(13)14/h5-7,17,19H,4,8-10H2,1-3H3. The van der Waals surface area contributed by atoms with Crippen molar-refractivity contribution in [3.63, 3.8) is 0 Å². The minimum atomic E-state index is -0.0206. The van der Waals surface area contributed by atoms with Crippen molar-refractivity contribution in [1.82, 2.24) is 9.88 Å². The lowest BCUT2D eigenvalue weighted by molar-refractivity contribution is 0.0724. The van der Waals surface area contributed by atoms with E-state index in [0.29, 0.717) is 18.7 Å². The van der Waals surface area contributed by atoms with Crippen LogP contribution >= 0.6 is 0 Å². The van der Waals surface area contributed by atoms with Crippen molar-refractivity contribution < 1.29 is 9.90 Å². The van der Waals surface area contributed by atoms with Crippen LogP contribution in [0.25, 0.3) is 10.9 Å². The van der Waals surface area contributed by atoms with Gasteiger partial charge in [0.1, 0.15) is 0 Å². The van der Waals surface area contributed by atoms with Crippen LogP contribution in [-0.4, -0.2) is 40.6 Å². The van der Waals surface area contributed by atoms with Crippen molar-refractivity contribution in [1.29, 1.82) is 0 Å². The number of benzene rings is 1. The normalized spacial score (nSPS) is 11.0. The molecule has 0 aliphatic carbocycles. The van der Waals surface area contributed by atoms with Gasteiger partial charge in [-0.1, -0.05) is 19.1 Å². The third-order valence-electron chi connectivity index (χ3n) is 3.72. The summed E-state index contributed by atoms with van der Waals surface area (Å²) >= 11 is 0. The molecule has 0 atom stereocenters. The molecule has 4 heteroatoms. The smallest absolute Gasteiger partial charge is 0.256 e. The van der Waals surface area contributed by atoms with Crippen molar-refractivity contribution in [2.24, 2.45) is 0 Å². The van der Waals surface area contributed by atoms with Crippen LogP contribution in [0.15, 0.2) is 18.2 Å². The number of carbonyl (C=O) groups excluding carboxylic acids is 1. The molecule has 0 saturated heterocycles. The van der Waals surface area contributed by atoms with Gasteiger partial charge >= 0.3 is 0 Å². The number of carbonyl (C=O) groups is 1. The highest BCUT2D eigenvalue weighted by Crippen LogP contribution is 2.25. The fraction of sp³-hybridized carbons (Fsp3) is 0.438. The van der Waals surface area contributed by atoms with Crippen LogP contribution in [0.4, 0.5) is 0 Å². The molecule has 0 unspecified atom stereocenters. The molecular weight excluding hydrogens is 252 g/mol. The first kappa shape index (κ1) is 14.6. The van der Waals surface area contributed by atoms with E-state index in [0.717, 1.165) is 23.0 Å². The molecule has 2 rings (SSSR count). The summed E-state index contributed by atoms with van der Waals surface area (Å²) in [6.07, 6.45) is 0.879. The Bertz CT molecular complexity index is 610. The number of H-pyrrole nitrogens is 1. The Labute approximate surface area is 119 Å². The third kappa shape index (κ3) is 2.56. The summed E-state index contributed by atoms with van der Waals surface area (Å²) in [5.41, 5.74) is 3.84. The second-order valence-electron chi connectivity index (χ2n) is 5.12. The van der Waals surface area contributed by atoms with Crippen LogP contribution in [0.2, 0.25) is 0 Å². The largest absolute Gasteiger partial charge is 0.395 e. The van der Waals surface area contributed by atoms with E-state index in [1.807, 2.05) is 32.0 Å². The zero-order chi connectivity index (χ0) is 14.7. The number of hydrogen-bond acceptors (Lipinski definition) is 2. The number of fused-ring (bicyclic) bond motifs is 1. The maximum atomic E-state index is 12.7. The Morgan fingerprint density at radius 2 is 2.05 bits per heavy atom. The summed E-state index contributed by atoms with van der Waals surface area (Å²) < 4.78 is 0. The van der Waals surface area contributed by atoms with Crippen molar-refractivity contribution in [3.05, 3.63) is 35.0 Å². The van der Waals surface area contributed by atoms with Crippen LogP contribution in [0.1, 0.15) is 35.0 Å². The predicted octanol–water partition coefficient (Wildman–Crippen LogP) is 2.63. The van der Waals surface area contributed by atoms with Gasteiger partial charge in [0, 0.05) is 24.2 Å². The SMILES string of the molecule is CCCN(CCO)C(=O)c1cccc2c(C)c(C)[nH]c12. The van der Waals surface area contributed by atoms with Crippen molar-refractivity contribution in [3.8, 4) is 0 Å². The Hall–Kier alpha value is -1.81. The van der Waals surface area contributed by atoms with Crippen LogP contribution < -0.4 is 0 Å². The van der Waals surface area contributed by atoms with Gasteiger partial charge in [-0.05, 0) is 31.9 Å². The van der Waals surface area contributed by atoms with E-state index in [1.165, 1.54) is 5.56 Å². The number of hydrogen-bond donors (Lipinski definition) is 2. The lowest BCUT2D eigenvalue weighted by Gasteiger charge is -2.21. The molecule has 0 saturated carbocycles. The number of aliphatic hydroxyl groups excluding tert-OH is 1. The summed E-state index contributed by atoms with van der Waals surface area (Å²) in [5, 5.41) is 10.2. The van der Waals surface area contributed by atoms with Gasteiger partial charge in [-0.15, -0.1) is 0 Å². The average Bonchev–Trinajstić information content (AvgIpc) is 2.73. The molecule has 1 aromatic heterocycles. The molecule has 0 aliphatic heterocycles.